The van der Waals surface area contributed by atoms with Crippen LogP contribution in [-0.2, 0) is 4.74 Å². The molecule has 0 aliphatic carbocycles. The van der Waals surface area contributed by atoms with Gasteiger partial charge in [0.25, 0.3) is 0 Å². The lowest BCUT2D eigenvalue weighted by molar-refractivity contribution is 0.0378. The zero-order valence-corrected chi connectivity index (χ0v) is 8.52. The minimum Gasteiger partial charge on any atom is -0.394 e. The lowest BCUT2D eigenvalue weighted by atomic mass is 9.91. The van der Waals surface area contributed by atoms with E-state index in [9.17, 15) is 5.11 Å². The van der Waals surface area contributed by atoms with Crippen LogP contribution in [0.15, 0.2) is 18.3 Å². The number of aliphatic hydroxyl groups excluding tert-OH is 1. The molecule has 1 aromatic heterocycles. The van der Waals surface area contributed by atoms with Crippen LogP contribution in [0, 0.1) is 0 Å². The van der Waals surface area contributed by atoms with E-state index in [-0.39, 0.29) is 12.1 Å². The predicted molar refractivity (Wildman–Crippen MR) is 55.5 cm³/mol. The molecule has 0 atom stereocenters. The quantitative estimate of drug-likeness (QED) is 0.755. The van der Waals surface area contributed by atoms with E-state index in [1.54, 1.807) is 6.20 Å². The van der Waals surface area contributed by atoms with Gasteiger partial charge in [-0.15, -0.1) is 5.10 Å². The molecule has 2 rings (SSSR count). The van der Waals surface area contributed by atoms with Crippen molar-refractivity contribution in [2.75, 3.05) is 25.1 Å². The Labute approximate surface area is 88.5 Å². The van der Waals surface area contributed by atoms with Gasteiger partial charge in [-0.2, -0.15) is 5.10 Å². The summed E-state index contributed by atoms with van der Waals surface area (Å²) >= 11 is 0. The number of hydrogen-bond acceptors (Lipinski definition) is 5. The molecule has 1 aliphatic heterocycles. The lowest BCUT2D eigenvalue weighted by Crippen LogP contribution is -2.47. The Kier molecular flexibility index (Phi) is 3.13. The van der Waals surface area contributed by atoms with Crippen molar-refractivity contribution in [3.05, 3.63) is 18.3 Å². The minimum atomic E-state index is -0.297. The number of ether oxygens (including phenoxy) is 1. The van der Waals surface area contributed by atoms with Crippen molar-refractivity contribution < 1.29 is 9.84 Å². The SMILES string of the molecule is OCC1(Nc2cccnn2)CCOCC1. The van der Waals surface area contributed by atoms with Gasteiger partial charge in [0.1, 0.15) is 5.82 Å². The van der Waals surface area contributed by atoms with Crippen LogP contribution in [0.1, 0.15) is 12.8 Å². The van der Waals surface area contributed by atoms with Crippen molar-refractivity contribution in [3.8, 4) is 0 Å². The summed E-state index contributed by atoms with van der Waals surface area (Å²) in [6.45, 7) is 1.44. The van der Waals surface area contributed by atoms with Crippen molar-refractivity contribution >= 4 is 5.82 Å². The maximum atomic E-state index is 9.44. The van der Waals surface area contributed by atoms with Crippen LogP contribution < -0.4 is 5.32 Å². The van der Waals surface area contributed by atoms with Gasteiger partial charge in [-0.1, -0.05) is 0 Å². The van der Waals surface area contributed by atoms with Crippen LogP contribution >= 0.6 is 0 Å². The fourth-order valence-corrected chi connectivity index (χ4v) is 1.72. The van der Waals surface area contributed by atoms with Crippen molar-refractivity contribution in [1.29, 1.82) is 0 Å². The number of rotatable bonds is 3. The molecule has 82 valence electrons. The monoisotopic (exact) mass is 209 g/mol. The van der Waals surface area contributed by atoms with Gasteiger partial charge in [-0.05, 0) is 25.0 Å². The smallest absolute Gasteiger partial charge is 0.149 e. The molecule has 1 aromatic rings. The zero-order chi connectivity index (χ0) is 10.6. The third-order valence-electron chi connectivity index (χ3n) is 2.72. The molecule has 0 amide bonds. The van der Waals surface area contributed by atoms with Gasteiger partial charge in [-0.3, -0.25) is 0 Å². The number of nitrogens with one attached hydrogen (secondary N) is 1. The van der Waals surface area contributed by atoms with Gasteiger partial charge in [0.15, 0.2) is 0 Å². The fraction of sp³-hybridized carbons (Fsp3) is 0.600. The number of aromatic nitrogens is 2. The standard InChI is InChI=1S/C10H15N3O2/c14-8-10(3-6-15-7-4-10)12-9-2-1-5-11-13-9/h1-2,5,14H,3-4,6-8H2,(H,12,13). The third-order valence-corrected chi connectivity index (χ3v) is 2.72. The molecule has 15 heavy (non-hydrogen) atoms. The first kappa shape index (κ1) is 10.3. The van der Waals surface area contributed by atoms with Crippen LogP contribution in [0.3, 0.4) is 0 Å². The average molecular weight is 209 g/mol. The fourth-order valence-electron chi connectivity index (χ4n) is 1.72. The molecular formula is C10H15N3O2. The predicted octanol–water partition coefficient (Wildman–Crippen LogP) is 0.430. The van der Waals surface area contributed by atoms with Crippen LogP contribution in [0.2, 0.25) is 0 Å². The molecule has 0 saturated carbocycles. The van der Waals surface area contributed by atoms with Crippen LogP contribution in [0.4, 0.5) is 5.82 Å². The van der Waals surface area contributed by atoms with Crippen molar-refractivity contribution in [2.24, 2.45) is 0 Å². The van der Waals surface area contributed by atoms with E-state index in [1.165, 1.54) is 0 Å². The summed E-state index contributed by atoms with van der Waals surface area (Å²) in [7, 11) is 0. The van der Waals surface area contributed by atoms with Crippen LogP contribution in [0.5, 0.6) is 0 Å². The highest BCUT2D eigenvalue weighted by molar-refractivity contribution is 5.36. The summed E-state index contributed by atoms with van der Waals surface area (Å²) in [5.74, 6) is 0.702. The molecule has 5 nitrogen and oxygen atoms in total. The summed E-state index contributed by atoms with van der Waals surface area (Å²) < 4.78 is 5.28. The van der Waals surface area contributed by atoms with E-state index < -0.39 is 0 Å². The topological polar surface area (TPSA) is 67.3 Å². The molecule has 2 heterocycles. The van der Waals surface area contributed by atoms with Gasteiger partial charge >= 0.3 is 0 Å². The normalized spacial score (nSPS) is 19.8. The second-order valence-electron chi connectivity index (χ2n) is 3.78. The van der Waals surface area contributed by atoms with Crippen LogP contribution in [-0.4, -0.2) is 40.7 Å². The highest BCUT2D eigenvalue weighted by Crippen LogP contribution is 2.24. The maximum Gasteiger partial charge on any atom is 0.149 e. The van der Waals surface area contributed by atoms with Gasteiger partial charge < -0.3 is 15.2 Å². The lowest BCUT2D eigenvalue weighted by Gasteiger charge is -2.36. The Bertz CT molecular complexity index is 299. The number of aliphatic hydroxyl groups is 1. The van der Waals surface area contributed by atoms with E-state index >= 15 is 0 Å². The Balaban J connectivity index is 2.07. The molecular weight excluding hydrogens is 194 g/mol. The van der Waals surface area contributed by atoms with Gasteiger partial charge in [0.05, 0.1) is 12.1 Å². The zero-order valence-electron chi connectivity index (χ0n) is 8.52. The summed E-state index contributed by atoms with van der Waals surface area (Å²) in [4.78, 5) is 0. The van der Waals surface area contributed by atoms with Gasteiger partial charge in [0, 0.05) is 19.4 Å². The summed E-state index contributed by atoms with van der Waals surface area (Å²) in [6.07, 6.45) is 3.21. The molecule has 1 aliphatic rings. The average Bonchev–Trinajstić information content (AvgIpc) is 2.32. The van der Waals surface area contributed by atoms with Crippen molar-refractivity contribution in [2.45, 2.75) is 18.4 Å². The summed E-state index contributed by atoms with van der Waals surface area (Å²) in [6, 6.07) is 3.67. The third kappa shape index (κ3) is 2.43. The number of hydrogen-bond donors (Lipinski definition) is 2. The number of nitrogens with zero attached hydrogens (tertiary/aromatic N) is 2. The Morgan fingerprint density at radius 1 is 1.47 bits per heavy atom. The molecule has 0 spiro atoms. The minimum absolute atomic E-state index is 0.0902. The highest BCUT2D eigenvalue weighted by Gasteiger charge is 2.32. The van der Waals surface area contributed by atoms with E-state index in [2.05, 4.69) is 15.5 Å². The van der Waals surface area contributed by atoms with Crippen molar-refractivity contribution in [1.82, 2.24) is 10.2 Å². The Morgan fingerprint density at radius 3 is 2.87 bits per heavy atom. The van der Waals surface area contributed by atoms with E-state index in [4.69, 9.17) is 4.74 Å². The molecule has 0 bridgehead atoms. The molecule has 1 fully saturated rings. The second kappa shape index (κ2) is 4.55. The van der Waals surface area contributed by atoms with E-state index in [0.717, 1.165) is 12.8 Å². The first-order chi connectivity index (χ1) is 7.35. The van der Waals surface area contributed by atoms with Gasteiger partial charge in [-0.25, -0.2) is 0 Å². The van der Waals surface area contributed by atoms with Crippen LogP contribution in [0.25, 0.3) is 0 Å². The maximum absolute atomic E-state index is 9.44. The van der Waals surface area contributed by atoms with E-state index in [0.29, 0.717) is 19.0 Å². The Hall–Kier alpha value is -1.20. The largest absolute Gasteiger partial charge is 0.394 e. The molecule has 0 aromatic carbocycles. The first-order valence-electron chi connectivity index (χ1n) is 5.09. The molecule has 0 radical (unpaired) electrons. The molecule has 0 unspecified atom stereocenters. The summed E-state index contributed by atoms with van der Waals surface area (Å²) in [5.41, 5.74) is -0.297. The molecule has 5 heteroatoms. The molecule has 1 saturated heterocycles. The van der Waals surface area contributed by atoms with Crippen molar-refractivity contribution in [3.63, 3.8) is 0 Å². The summed E-state index contributed by atoms with van der Waals surface area (Å²) in [5, 5.41) is 20.4. The second-order valence-corrected chi connectivity index (χ2v) is 3.78. The number of anilines is 1. The van der Waals surface area contributed by atoms with Gasteiger partial charge in [0.2, 0.25) is 0 Å². The van der Waals surface area contributed by atoms with E-state index in [1.807, 2.05) is 12.1 Å². The molecule has 2 N–H and O–H groups in total. The Morgan fingerprint density at radius 2 is 2.27 bits per heavy atom. The highest BCUT2D eigenvalue weighted by atomic mass is 16.5. The first-order valence-corrected chi connectivity index (χ1v) is 5.09.